The molecule has 3 fully saturated rings. The Kier molecular flexibility index (Phi) is 2.86. The first-order valence-corrected chi connectivity index (χ1v) is 8.06. The van der Waals surface area contributed by atoms with Gasteiger partial charge in [-0.3, -0.25) is 0 Å². The molecular weight excluding hydrogens is 220 g/mol. The molecule has 1 heteroatoms. The maximum absolute atomic E-state index is 10.6. The van der Waals surface area contributed by atoms with E-state index in [1.807, 2.05) is 0 Å². The van der Waals surface area contributed by atoms with Gasteiger partial charge in [0, 0.05) is 0 Å². The van der Waals surface area contributed by atoms with E-state index < -0.39 is 0 Å². The first-order valence-electron chi connectivity index (χ1n) is 8.06. The molecule has 1 nitrogen and oxygen atoms in total. The second kappa shape index (κ2) is 3.98. The molecule has 0 aromatic rings. The number of aliphatic hydroxyl groups excluding tert-OH is 1. The van der Waals surface area contributed by atoms with E-state index in [1.54, 1.807) is 0 Å². The van der Waals surface area contributed by atoms with E-state index in [2.05, 4.69) is 27.7 Å². The molecule has 104 valence electrons. The van der Waals surface area contributed by atoms with E-state index >= 15 is 0 Å². The molecule has 3 aliphatic rings. The summed E-state index contributed by atoms with van der Waals surface area (Å²) >= 11 is 0. The largest absolute Gasteiger partial charge is 0.393 e. The Morgan fingerprint density at radius 3 is 2.33 bits per heavy atom. The van der Waals surface area contributed by atoms with Gasteiger partial charge >= 0.3 is 0 Å². The SMILES string of the molecule is CC1CCCC(C2CC3CCC2(C)C3(C)C)C1O. The molecule has 0 aromatic carbocycles. The molecule has 0 aliphatic heterocycles. The van der Waals surface area contributed by atoms with Gasteiger partial charge in [0.25, 0.3) is 0 Å². The van der Waals surface area contributed by atoms with E-state index in [-0.39, 0.29) is 6.10 Å². The minimum absolute atomic E-state index is 0.0317. The summed E-state index contributed by atoms with van der Waals surface area (Å²) in [7, 11) is 0. The van der Waals surface area contributed by atoms with Crippen LogP contribution in [0.15, 0.2) is 0 Å². The smallest absolute Gasteiger partial charge is 0.0596 e. The fourth-order valence-corrected chi connectivity index (χ4v) is 5.79. The predicted octanol–water partition coefficient (Wildman–Crippen LogP) is 4.25. The number of rotatable bonds is 1. The highest BCUT2D eigenvalue weighted by molar-refractivity contribution is 5.12. The van der Waals surface area contributed by atoms with E-state index in [4.69, 9.17) is 0 Å². The summed E-state index contributed by atoms with van der Waals surface area (Å²) in [6.07, 6.45) is 8.02. The third kappa shape index (κ3) is 1.49. The second-order valence-corrected chi connectivity index (χ2v) is 8.28. The first kappa shape index (κ1) is 13.0. The minimum Gasteiger partial charge on any atom is -0.393 e. The Hall–Kier alpha value is -0.0400. The van der Waals surface area contributed by atoms with Crippen LogP contribution >= 0.6 is 0 Å². The number of hydrogen-bond acceptors (Lipinski definition) is 1. The molecule has 0 aromatic heterocycles. The number of aliphatic hydroxyl groups is 1. The summed E-state index contributed by atoms with van der Waals surface area (Å²) in [4.78, 5) is 0. The third-order valence-corrected chi connectivity index (χ3v) is 7.60. The van der Waals surface area contributed by atoms with Crippen LogP contribution in [0.25, 0.3) is 0 Å². The molecule has 2 bridgehead atoms. The van der Waals surface area contributed by atoms with Crippen LogP contribution in [0.5, 0.6) is 0 Å². The number of hydrogen-bond donors (Lipinski definition) is 1. The fraction of sp³-hybridized carbons (Fsp3) is 1.00. The topological polar surface area (TPSA) is 20.2 Å². The lowest BCUT2D eigenvalue weighted by molar-refractivity contribution is -0.0455. The number of fused-ring (bicyclic) bond motifs is 2. The van der Waals surface area contributed by atoms with Gasteiger partial charge in [0.2, 0.25) is 0 Å². The lowest BCUT2D eigenvalue weighted by Gasteiger charge is -2.46. The average molecular weight is 250 g/mol. The van der Waals surface area contributed by atoms with Crippen molar-refractivity contribution in [3.63, 3.8) is 0 Å². The van der Waals surface area contributed by atoms with Crippen LogP contribution in [0, 0.1) is 34.5 Å². The van der Waals surface area contributed by atoms with E-state index in [9.17, 15) is 5.11 Å². The summed E-state index contributed by atoms with van der Waals surface area (Å²) in [5.41, 5.74) is 0.985. The minimum atomic E-state index is -0.0317. The molecule has 6 atom stereocenters. The van der Waals surface area contributed by atoms with Crippen molar-refractivity contribution in [2.24, 2.45) is 34.5 Å². The highest BCUT2D eigenvalue weighted by Gasteiger charge is 2.63. The molecule has 0 heterocycles. The summed E-state index contributed by atoms with van der Waals surface area (Å²) in [5.74, 6) is 2.80. The van der Waals surface area contributed by atoms with Crippen molar-refractivity contribution in [2.75, 3.05) is 0 Å². The van der Waals surface area contributed by atoms with Crippen LogP contribution in [0.1, 0.15) is 66.2 Å². The molecule has 0 radical (unpaired) electrons. The molecule has 18 heavy (non-hydrogen) atoms. The zero-order valence-corrected chi connectivity index (χ0v) is 12.6. The Bertz CT molecular complexity index is 335. The molecule has 0 spiro atoms. The van der Waals surface area contributed by atoms with Crippen molar-refractivity contribution in [2.45, 2.75) is 72.3 Å². The van der Waals surface area contributed by atoms with Gasteiger partial charge in [0.15, 0.2) is 0 Å². The van der Waals surface area contributed by atoms with Gasteiger partial charge in [-0.25, -0.2) is 0 Å². The monoisotopic (exact) mass is 250 g/mol. The Morgan fingerprint density at radius 1 is 1.06 bits per heavy atom. The highest BCUT2D eigenvalue weighted by Crippen LogP contribution is 2.70. The second-order valence-electron chi connectivity index (χ2n) is 8.28. The van der Waals surface area contributed by atoms with Crippen LogP contribution in [0.2, 0.25) is 0 Å². The van der Waals surface area contributed by atoms with Crippen molar-refractivity contribution in [1.82, 2.24) is 0 Å². The summed E-state index contributed by atoms with van der Waals surface area (Å²) < 4.78 is 0. The molecule has 0 amide bonds. The normalized spacial score (nSPS) is 54.8. The zero-order valence-electron chi connectivity index (χ0n) is 12.6. The summed E-state index contributed by atoms with van der Waals surface area (Å²) in [6.45, 7) is 9.75. The van der Waals surface area contributed by atoms with Crippen LogP contribution in [0.4, 0.5) is 0 Å². The van der Waals surface area contributed by atoms with Gasteiger partial charge in [-0.2, -0.15) is 0 Å². The molecular formula is C17H30O. The molecule has 3 rings (SSSR count). The maximum Gasteiger partial charge on any atom is 0.0596 e. The van der Waals surface area contributed by atoms with E-state index in [1.165, 1.54) is 38.5 Å². The van der Waals surface area contributed by atoms with Gasteiger partial charge in [-0.15, -0.1) is 0 Å². The quantitative estimate of drug-likeness (QED) is 0.738. The average Bonchev–Trinajstić information content (AvgIpc) is 2.65. The maximum atomic E-state index is 10.6. The third-order valence-electron chi connectivity index (χ3n) is 7.60. The zero-order chi connectivity index (χ0) is 13.1. The Morgan fingerprint density at radius 2 is 1.78 bits per heavy atom. The fourth-order valence-electron chi connectivity index (χ4n) is 5.79. The van der Waals surface area contributed by atoms with E-state index in [0.717, 1.165) is 11.8 Å². The van der Waals surface area contributed by atoms with Crippen molar-refractivity contribution in [1.29, 1.82) is 0 Å². The molecule has 3 saturated carbocycles. The Labute approximate surface area is 112 Å². The van der Waals surface area contributed by atoms with Gasteiger partial charge in [-0.1, -0.05) is 34.1 Å². The predicted molar refractivity (Wildman–Crippen MR) is 75.2 cm³/mol. The molecule has 1 N–H and O–H groups in total. The molecule has 3 aliphatic carbocycles. The van der Waals surface area contributed by atoms with Crippen molar-refractivity contribution < 1.29 is 5.11 Å². The highest BCUT2D eigenvalue weighted by atomic mass is 16.3. The van der Waals surface area contributed by atoms with Crippen molar-refractivity contribution in [3.8, 4) is 0 Å². The summed E-state index contributed by atoms with van der Waals surface area (Å²) in [5, 5.41) is 10.6. The van der Waals surface area contributed by atoms with Crippen LogP contribution in [-0.2, 0) is 0 Å². The van der Waals surface area contributed by atoms with Gasteiger partial charge in [0.05, 0.1) is 6.10 Å². The van der Waals surface area contributed by atoms with Crippen LogP contribution in [0.3, 0.4) is 0 Å². The lowest BCUT2D eigenvalue weighted by Crippen LogP contribution is -2.43. The van der Waals surface area contributed by atoms with Crippen molar-refractivity contribution >= 4 is 0 Å². The molecule has 6 unspecified atom stereocenters. The van der Waals surface area contributed by atoms with Crippen LogP contribution in [-0.4, -0.2) is 11.2 Å². The van der Waals surface area contributed by atoms with Gasteiger partial charge in [0.1, 0.15) is 0 Å². The van der Waals surface area contributed by atoms with Gasteiger partial charge < -0.3 is 5.11 Å². The van der Waals surface area contributed by atoms with E-state index in [0.29, 0.717) is 22.7 Å². The lowest BCUT2D eigenvalue weighted by atomic mass is 9.59. The van der Waals surface area contributed by atoms with Crippen LogP contribution < -0.4 is 0 Å². The van der Waals surface area contributed by atoms with Gasteiger partial charge in [-0.05, 0) is 66.6 Å². The standard InChI is InChI=1S/C17H30O/c1-11-6-5-7-13(15(11)18)14-10-12-8-9-17(14,4)16(12,2)3/h11-15,18H,5-10H2,1-4H3. The molecule has 0 saturated heterocycles. The van der Waals surface area contributed by atoms with Crippen molar-refractivity contribution in [3.05, 3.63) is 0 Å². The first-order chi connectivity index (χ1) is 8.38. The Balaban J connectivity index is 1.86. The summed E-state index contributed by atoms with van der Waals surface area (Å²) in [6, 6.07) is 0.